The van der Waals surface area contributed by atoms with Gasteiger partial charge in [-0.1, -0.05) is 0 Å². The van der Waals surface area contributed by atoms with Crippen LogP contribution in [0.4, 0.5) is 0 Å². The number of phenolic OH excluding ortho intramolecular Hbond substituents is 1. The average molecular weight is 276 g/mol. The standard InChI is InChI=1S/C14H13OSe/c15-13-8-6-11(7-9-13)10-14(16)12-4-2-1-3-5-12/h1-9,14-15H,10H2. The zero-order chi connectivity index (χ0) is 11.4. The first-order chi connectivity index (χ1) is 7.75. The monoisotopic (exact) mass is 277 g/mol. The summed E-state index contributed by atoms with van der Waals surface area (Å²) in [6.45, 7) is 0. The molecule has 1 radical (unpaired) electrons. The van der Waals surface area contributed by atoms with Crippen LogP contribution in [0, 0.1) is 0 Å². The normalized spacial score (nSPS) is 12.3. The molecule has 1 N–H and O–H groups in total. The number of hydrogen-bond acceptors (Lipinski definition) is 1. The van der Waals surface area contributed by atoms with Crippen LogP contribution >= 0.6 is 0 Å². The van der Waals surface area contributed by atoms with Gasteiger partial charge >= 0.3 is 104 Å². The molecule has 1 unspecified atom stereocenters. The summed E-state index contributed by atoms with van der Waals surface area (Å²) in [7, 11) is 0. The van der Waals surface area contributed by atoms with E-state index in [4.69, 9.17) is 0 Å². The van der Waals surface area contributed by atoms with E-state index in [2.05, 4.69) is 40.3 Å². The Balaban J connectivity index is 2.08. The van der Waals surface area contributed by atoms with Gasteiger partial charge < -0.3 is 0 Å². The van der Waals surface area contributed by atoms with E-state index in [1.54, 1.807) is 12.1 Å². The van der Waals surface area contributed by atoms with Gasteiger partial charge in [-0.05, 0) is 0 Å². The zero-order valence-electron chi connectivity index (χ0n) is 8.84. The number of aromatic hydroxyl groups is 1. The quantitative estimate of drug-likeness (QED) is 0.855. The second kappa shape index (κ2) is 5.20. The zero-order valence-corrected chi connectivity index (χ0v) is 10.5. The first kappa shape index (κ1) is 11.3. The summed E-state index contributed by atoms with van der Waals surface area (Å²) in [5, 5.41) is 9.20. The SMILES string of the molecule is Oc1ccc(CC([Se])c2ccccc2)cc1. The van der Waals surface area contributed by atoms with E-state index in [-0.39, 0.29) is 0 Å². The molecule has 2 aromatic carbocycles. The molecule has 0 aliphatic rings. The number of phenols is 1. The molecular weight excluding hydrogens is 263 g/mol. The maximum absolute atomic E-state index is 9.20. The molecule has 0 fully saturated rings. The topological polar surface area (TPSA) is 20.2 Å². The van der Waals surface area contributed by atoms with E-state index in [9.17, 15) is 5.11 Å². The molecular formula is C14H13OSe. The van der Waals surface area contributed by atoms with Crippen molar-refractivity contribution in [2.75, 3.05) is 0 Å². The van der Waals surface area contributed by atoms with Gasteiger partial charge in [-0.25, -0.2) is 0 Å². The van der Waals surface area contributed by atoms with Crippen molar-refractivity contribution in [2.24, 2.45) is 0 Å². The second-order valence-corrected chi connectivity index (χ2v) is 4.96. The summed E-state index contributed by atoms with van der Waals surface area (Å²) >= 11 is 3.19. The Labute approximate surface area is 104 Å². The Kier molecular flexibility index (Phi) is 3.66. The van der Waals surface area contributed by atoms with Crippen LogP contribution < -0.4 is 0 Å². The van der Waals surface area contributed by atoms with E-state index >= 15 is 0 Å². The van der Waals surface area contributed by atoms with Crippen LogP contribution in [0.1, 0.15) is 15.9 Å². The number of rotatable bonds is 3. The Morgan fingerprint density at radius 1 is 0.938 bits per heavy atom. The fourth-order valence-corrected chi connectivity index (χ4v) is 2.37. The fraction of sp³-hybridized carbons (Fsp3) is 0.143. The van der Waals surface area contributed by atoms with Crippen LogP contribution in [-0.4, -0.2) is 21.1 Å². The number of hydrogen-bond donors (Lipinski definition) is 1. The first-order valence-electron chi connectivity index (χ1n) is 5.24. The molecule has 16 heavy (non-hydrogen) atoms. The summed E-state index contributed by atoms with van der Waals surface area (Å²) in [6, 6.07) is 17.8. The molecule has 0 aliphatic heterocycles. The molecule has 0 bridgehead atoms. The third-order valence-corrected chi connectivity index (χ3v) is 3.45. The van der Waals surface area contributed by atoms with Crippen molar-refractivity contribution in [3.05, 3.63) is 65.7 Å². The fourth-order valence-electron chi connectivity index (χ4n) is 1.63. The third kappa shape index (κ3) is 2.88. The molecule has 0 saturated carbocycles. The van der Waals surface area contributed by atoms with Crippen molar-refractivity contribution < 1.29 is 5.11 Å². The van der Waals surface area contributed by atoms with Crippen molar-refractivity contribution in [1.82, 2.24) is 0 Å². The predicted octanol–water partition coefficient (Wildman–Crippen LogP) is 2.84. The maximum atomic E-state index is 9.20. The molecule has 2 rings (SSSR count). The Hall–Kier alpha value is -1.24. The predicted molar refractivity (Wildman–Crippen MR) is 66.7 cm³/mol. The van der Waals surface area contributed by atoms with Crippen LogP contribution in [0.5, 0.6) is 5.75 Å². The molecule has 0 aromatic heterocycles. The van der Waals surface area contributed by atoms with Crippen molar-refractivity contribution in [3.8, 4) is 5.75 Å². The van der Waals surface area contributed by atoms with Gasteiger partial charge in [-0.15, -0.1) is 0 Å². The van der Waals surface area contributed by atoms with Gasteiger partial charge in [0.1, 0.15) is 0 Å². The van der Waals surface area contributed by atoms with Crippen LogP contribution in [0.3, 0.4) is 0 Å². The van der Waals surface area contributed by atoms with Gasteiger partial charge in [0.25, 0.3) is 0 Å². The molecule has 2 heteroatoms. The minimum absolute atomic E-state index is 0.320. The van der Waals surface area contributed by atoms with Crippen LogP contribution in [0.25, 0.3) is 0 Å². The van der Waals surface area contributed by atoms with Gasteiger partial charge in [-0.3, -0.25) is 0 Å². The van der Waals surface area contributed by atoms with Crippen LogP contribution in [-0.2, 0) is 6.42 Å². The summed E-state index contributed by atoms with van der Waals surface area (Å²) in [6.07, 6.45) is 0.949. The van der Waals surface area contributed by atoms with Gasteiger partial charge in [0.05, 0.1) is 0 Å². The van der Waals surface area contributed by atoms with E-state index in [0.29, 0.717) is 10.6 Å². The molecule has 0 aliphatic carbocycles. The van der Waals surface area contributed by atoms with Crippen molar-refractivity contribution in [1.29, 1.82) is 0 Å². The van der Waals surface area contributed by atoms with E-state index in [1.165, 1.54) is 11.1 Å². The molecule has 0 amide bonds. The van der Waals surface area contributed by atoms with E-state index in [0.717, 1.165) is 6.42 Å². The minimum atomic E-state index is 0.320. The first-order valence-corrected chi connectivity index (χ1v) is 6.23. The number of benzene rings is 2. The molecule has 81 valence electrons. The molecule has 0 heterocycles. The van der Waals surface area contributed by atoms with Crippen molar-refractivity contribution in [2.45, 2.75) is 11.2 Å². The second-order valence-electron chi connectivity index (χ2n) is 3.77. The summed E-state index contributed by atoms with van der Waals surface area (Å²) in [4.78, 5) is 0.380. The van der Waals surface area contributed by atoms with Crippen molar-refractivity contribution >= 4 is 16.0 Å². The molecule has 0 spiro atoms. The van der Waals surface area contributed by atoms with Gasteiger partial charge in [0, 0.05) is 0 Å². The third-order valence-electron chi connectivity index (χ3n) is 2.53. The molecule has 2 aromatic rings. The average Bonchev–Trinajstić information content (AvgIpc) is 2.33. The van der Waals surface area contributed by atoms with E-state index < -0.39 is 0 Å². The van der Waals surface area contributed by atoms with Crippen LogP contribution in [0.2, 0.25) is 0 Å². The Morgan fingerprint density at radius 2 is 1.56 bits per heavy atom. The molecule has 1 atom stereocenters. The van der Waals surface area contributed by atoms with Gasteiger partial charge in [0.15, 0.2) is 0 Å². The molecule has 1 nitrogen and oxygen atoms in total. The summed E-state index contributed by atoms with van der Waals surface area (Å²) in [5.41, 5.74) is 2.53. The Morgan fingerprint density at radius 3 is 2.19 bits per heavy atom. The molecule has 0 saturated heterocycles. The van der Waals surface area contributed by atoms with E-state index in [1.807, 2.05) is 18.2 Å². The summed E-state index contributed by atoms with van der Waals surface area (Å²) in [5.74, 6) is 0.320. The van der Waals surface area contributed by atoms with Gasteiger partial charge in [-0.2, -0.15) is 0 Å². The summed E-state index contributed by atoms with van der Waals surface area (Å²) < 4.78 is 0. The Bertz CT molecular complexity index is 436. The van der Waals surface area contributed by atoms with Crippen molar-refractivity contribution in [3.63, 3.8) is 0 Å². The van der Waals surface area contributed by atoms with Crippen LogP contribution in [0.15, 0.2) is 54.6 Å². The van der Waals surface area contributed by atoms with Gasteiger partial charge in [0.2, 0.25) is 0 Å².